The van der Waals surface area contributed by atoms with E-state index in [-0.39, 0.29) is 24.5 Å². The van der Waals surface area contributed by atoms with Crippen LogP contribution in [0.4, 0.5) is 0 Å². The number of hydrogen-bond donors (Lipinski definition) is 2. The molecule has 0 radical (unpaired) electrons. The third-order valence-electron chi connectivity index (χ3n) is 7.96. The van der Waals surface area contributed by atoms with Crippen LogP contribution in [0.15, 0.2) is 72.8 Å². The summed E-state index contributed by atoms with van der Waals surface area (Å²) in [6, 6.07) is 22.8. The predicted molar refractivity (Wildman–Crippen MR) is 158 cm³/mol. The van der Waals surface area contributed by atoms with E-state index < -0.39 is 6.10 Å². The van der Waals surface area contributed by atoms with Crippen molar-refractivity contribution in [3.05, 3.63) is 83.9 Å². The van der Waals surface area contributed by atoms with Crippen LogP contribution < -0.4 is 10.1 Å². The van der Waals surface area contributed by atoms with Crippen LogP contribution in [0, 0.1) is 0 Å². The molecule has 40 heavy (non-hydrogen) atoms. The van der Waals surface area contributed by atoms with Gasteiger partial charge in [0, 0.05) is 44.2 Å². The van der Waals surface area contributed by atoms with Crippen LogP contribution in [-0.2, 0) is 9.59 Å². The van der Waals surface area contributed by atoms with Gasteiger partial charge in [0.2, 0.25) is 11.8 Å². The number of nitrogens with zero attached hydrogens (tertiary/aromatic N) is 2. The molecule has 2 aliphatic heterocycles. The zero-order chi connectivity index (χ0) is 27.9. The maximum atomic E-state index is 12.7. The standard InChI is InChI=1S/C33H39N3O4/c1-24(37)34-30-16-19-36(21-30)33(39)13-12-27-7-4-5-9-32(27)40-23-31(38)22-35-17-14-26(15-18-35)29-11-10-25-6-2-3-8-28(25)20-29/h2-13,20,26,30-31,38H,14-19,21-23H2,1H3,(H,34,37)/t30-,31?/m0/s1. The summed E-state index contributed by atoms with van der Waals surface area (Å²) in [6.07, 6.45) is 5.62. The average Bonchev–Trinajstić information content (AvgIpc) is 3.43. The van der Waals surface area contributed by atoms with Crippen molar-refractivity contribution in [2.75, 3.05) is 39.3 Å². The lowest BCUT2D eigenvalue weighted by molar-refractivity contribution is -0.125. The molecule has 2 N–H and O–H groups in total. The van der Waals surface area contributed by atoms with Gasteiger partial charge >= 0.3 is 0 Å². The zero-order valence-electron chi connectivity index (χ0n) is 23.2. The van der Waals surface area contributed by atoms with Gasteiger partial charge in [-0.25, -0.2) is 0 Å². The summed E-state index contributed by atoms with van der Waals surface area (Å²) in [5.41, 5.74) is 2.19. The molecular weight excluding hydrogens is 502 g/mol. The second-order valence-electron chi connectivity index (χ2n) is 11.0. The van der Waals surface area contributed by atoms with Crippen molar-refractivity contribution in [2.45, 2.75) is 44.2 Å². The third kappa shape index (κ3) is 7.29. The molecule has 3 aromatic carbocycles. The Labute approximate surface area is 236 Å². The number of nitrogens with one attached hydrogen (secondary N) is 1. The number of amides is 2. The predicted octanol–water partition coefficient (Wildman–Crippen LogP) is 4.21. The summed E-state index contributed by atoms with van der Waals surface area (Å²) in [4.78, 5) is 28.0. The van der Waals surface area contributed by atoms with Gasteiger partial charge in [0.15, 0.2) is 0 Å². The fourth-order valence-electron chi connectivity index (χ4n) is 5.83. The molecule has 0 aromatic heterocycles. The maximum Gasteiger partial charge on any atom is 0.246 e. The van der Waals surface area contributed by atoms with Crippen molar-refractivity contribution >= 4 is 28.7 Å². The first-order valence-electron chi connectivity index (χ1n) is 14.3. The van der Waals surface area contributed by atoms with Gasteiger partial charge in [-0.3, -0.25) is 9.59 Å². The van der Waals surface area contributed by atoms with E-state index in [2.05, 4.69) is 52.7 Å². The van der Waals surface area contributed by atoms with Crippen LogP contribution >= 0.6 is 0 Å². The Morgan fingerprint density at radius 3 is 2.55 bits per heavy atom. The number of carbonyl (C=O) groups excluding carboxylic acids is 2. The van der Waals surface area contributed by atoms with E-state index in [1.54, 1.807) is 17.1 Å². The van der Waals surface area contributed by atoms with E-state index in [0.29, 0.717) is 31.3 Å². The van der Waals surface area contributed by atoms with Gasteiger partial charge in [0.1, 0.15) is 18.5 Å². The molecule has 2 heterocycles. The molecule has 0 bridgehead atoms. The highest BCUT2D eigenvalue weighted by atomic mass is 16.5. The summed E-state index contributed by atoms with van der Waals surface area (Å²) in [5.74, 6) is 1.02. The molecule has 2 amide bonds. The minimum atomic E-state index is -0.605. The molecule has 5 rings (SSSR count). The summed E-state index contributed by atoms with van der Waals surface area (Å²) in [5, 5.41) is 16.2. The van der Waals surface area contributed by atoms with Crippen LogP contribution in [0.25, 0.3) is 16.8 Å². The fourth-order valence-corrected chi connectivity index (χ4v) is 5.83. The Bertz CT molecular complexity index is 1350. The maximum absolute atomic E-state index is 12.7. The molecule has 1 unspecified atom stereocenters. The van der Waals surface area contributed by atoms with Crippen molar-refractivity contribution in [1.82, 2.24) is 15.1 Å². The van der Waals surface area contributed by atoms with Crippen LogP contribution in [0.3, 0.4) is 0 Å². The van der Waals surface area contributed by atoms with Gasteiger partial charge in [-0.2, -0.15) is 0 Å². The van der Waals surface area contributed by atoms with Gasteiger partial charge in [0.25, 0.3) is 0 Å². The highest BCUT2D eigenvalue weighted by Crippen LogP contribution is 2.30. The van der Waals surface area contributed by atoms with Crippen molar-refractivity contribution in [3.63, 3.8) is 0 Å². The van der Waals surface area contributed by atoms with Gasteiger partial charge in [-0.15, -0.1) is 0 Å². The van der Waals surface area contributed by atoms with E-state index in [0.717, 1.165) is 37.9 Å². The van der Waals surface area contributed by atoms with Crippen molar-refractivity contribution < 1.29 is 19.4 Å². The molecule has 210 valence electrons. The Morgan fingerprint density at radius 1 is 1.00 bits per heavy atom. The van der Waals surface area contributed by atoms with E-state index in [4.69, 9.17) is 4.74 Å². The highest BCUT2D eigenvalue weighted by Gasteiger charge is 2.25. The number of aliphatic hydroxyl groups excluding tert-OH is 1. The molecule has 0 spiro atoms. The minimum Gasteiger partial charge on any atom is -0.490 e. The first kappa shape index (κ1) is 27.9. The lowest BCUT2D eigenvalue weighted by atomic mass is 9.88. The van der Waals surface area contributed by atoms with E-state index in [9.17, 15) is 14.7 Å². The molecule has 0 aliphatic carbocycles. The van der Waals surface area contributed by atoms with Gasteiger partial charge < -0.3 is 25.0 Å². The van der Waals surface area contributed by atoms with E-state index in [1.807, 2.05) is 24.3 Å². The smallest absolute Gasteiger partial charge is 0.246 e. The number of fused-ring (bicyclic) bond motifs is 1. The molecule has 2 saturated heterocycles. The van der Waals surface area contributed by atoms with Crippen molar-refractivity contribution in [1.29, 1.82) is 0 Å². The number of rotatable bonds is 9. The number of aliphatic hydroxyl groups is 1. The zero-order valence-corrected chi connectivity index (χ0v) is 23.2. The SMILES string of the molecule is CC(=O)N[C@H]1CCN(C(=O)C=Cc2ccccc2OCC(O)CN2CCC(c3ccc4ccccc4c3)CC2)C1. The largest absolute Gasteiger partial charge is 0.490 e. The normalized spacial score (nSPS) is 19.2. The number of ether oxygens (including phenoxy) is 1. The number of benzene rings is 3. The lowest BCUT2D eigenvalue weighted by Gasteiger charge is -2.33. The third-order valence-corrected chi connectivity index (χ3v) is 7.96. The average molecular weight is 542 g/mol. The second kappa shape index (κ2) is 13.1. The van der Waals surface area contributed by atoms with Gasteiger partial charge in [0.05, 0.1) is 0 Å². The molecule has 3 aromatic rings. The molecule has 2 atom stereocenters. The summed E-state index contributed by atoms with van der Waals surface area (Å²) in [6.45, 7) is 5.31. The molecular formula is C33H39N3O4. The Kier molecular flexibility index (Phi) is 9.14. The van der Waals surface area contributed by atoms with Crippen LogP contribution in [0.5, 0.6) is 5.75 Å². The first-order chi connectivity index (χ1) is 19.4. The number of piperidine rings is 1. The molecule has 0 saturated carbocycles. The summed E-state index contributed by atoms with van der Waals surface area (Å²) >= 11 is 0. The fraction of sp³-hybridized carbons (Fsp3) is 0.394. The Balaban J connectivity index is 1.08. The van der Waals surface area contributed by atoms with E-state index >= 15 is 0 Å². The van der Waals surface area contributed by atoms with Gasteiger partial charge in [-0.1, -0.05) is 60.7 Å². The Hall–Kier alpha value is -3.68. The van der Waals surface area contributed by atoms with Crippen LogP contribution in [-0.4, -0.2) is 78.2 Å². The quantitative estimate of drug-likeness (QED) is 0.397. The van der Waals surface area contributed by atoms with Crippen molar-refractivity contribution in [3.8, 4) is 5.75 Å². The summed E-state index contributed by atoms with van der Waals surface area (Å²) in [7, 11) is 0. The minimum absolute atomic E-state index is 0.0106. The van der Waals surface area contributed by atoms with Crippen LogP contribution in [0.1, 0.15) is 43.2 Å². The van der Waals surface area contributed by atoms with E-state index in [1.165, 1.54) is 23.3 Å². The monoisotopic (exact) mass is 541 g/mol. The molecule has 2 aliphatic rings. The Morgan fingerprint density at radius 2 is 1.75 bits per heavy atom. The summed E-state index contributed by atoms with van der Waals surface area (Å²) < 4.78 is 5.99. The van der Waals surface area contributed by atoms with Crippen LogP contribution in [0.2, 0.25) is 0 Å². The number of β-amino-alcohol motifs (C(OH)–C–C–N with tert-alkyl or cyclic N) is 1. The number of hydrogen-bond acceptors (Lipinski definition) is 5. The lowest BCUT2D eigenvalue weighted by Crippen LogP contribution is -2.40. The number of carbonyl (C=O) groups is 2. The number of likely N-dealkylation sites (tertiary alicyclic amines) is 2. The molecule has 7 heteroatoms. The molecule has 7 nitrogen and oxygen atoms in total. The number of para-hydroxylation sites is 1. The molecule has 2 fully saturated rings. The van der Waals surface area contributed by atoms with Crippen molar-refractivity contribution in [2.24, 2.45) is 0 Å². The topological polar surface area (TPSA) is 82.1 Å². The van der Waals surface area contributed by atoms with Gasteiger partial charge in [-0.05, 0) is 66.7 Å². The first-order valence-corrected chi connectivity index (χ1v) is 14.3. The highest BCUT2D eigenvalue weighted by molar-refractivity contribution is 5.92. The second-order valence-corrected chi connectivity index (χ2v) is 11.0.